The predicted molar refractivity (Wildman–Crippen MR) is 91.3 cm³/mol. The average molecular weight is 313 g/mol. The smallest absolute Gasteiger partial charge is 0.124 e. The van der Waals surface area contributed by atoms with Crippen molar-refractivity contribution in [3.8, 4) is 11.5 Å². The van der Waals surface area contributed by atoms with Crippen LogP contribution in [0.1, 0.15) is 30.0 Å². The second-order valence-corrected chi connectivity index (χ2v) is 5.76. The van der Waals surface area contributed by atoms with E-state index in [1.165, 1.54) is 0 Å². The second-order valence-electron chi connectivity index (χ2n) is 5.76. The van der Waals surface area contributed by atoms with Gasteiger partial charge in [0.25, 0.3) is 0 Å². The number of nitrogens with one attached hydrogen (secondary N) is 1. The molecular formula is C19H23NO3. The molecular weight excluding hydrogens is 290 g/mol. The van der Waals surface area contributed by atoms with Crippen LogP contribution in [0, 0.1) is 0 Å². The number of aliphatic hydroxyl groups excluding tert-OH is 1. The number of rotatable bonds is 5. The minimum absolute atomic E-state index is 0.180. The molecule has 1 heterocycles. The highest BCUT2D eigenvalue weighted by Crippen LogP contribution is 2.36. The van der Waals surface area contributed by atoms with Crippen molar-refractivity contribution < 1.29 is 14.6 Å². The van der Waals surface area contributed by atoms with Gasteiger partial charge in [-0.15, -0.1) is 0 Å². The van der Waals surface area contributed by atoms with Crippen LogP contribution in [0.5, 0.6) is 11.5 Å². The van der Waals surface area contributed by atoms with Crippen LogP contribution in [0.2, 0.25) is 0 Å². The molecule has 0 radical (unpaired) electrons. The van der Waals surface area contributed by atoms with Gasteiger partial charge in [0, 0.05) is 17.9 Å². The first-order valence-electron chi connectivity index (χ1n) is 8.07. The Morgan fingerprint density at radius 1 is 1.22 bits per heavy atom. The lowest BCUT2D eigenvalue weighted by Crippen LogP contribution is -2.10. The van der Waals surface area contributed by atoms with Crippen molar-refractivity contribution in [2.24, 2.45) is 0 Å². The number of fused-ring (bicyclic) bond motifs is 1. The molecule has 0 saturated heterocycles. The summed E-state index contributed by atoms with van der Waals surface area (Å²) < 4.78 is 11.2. The first-order chi connectivity index (χ1) is 11.3. The normalized spacial score (nSPS) is 16.9. The van der Waals surface area contributed by atoms with E-state index >= 15 is 0 Å². The summed E-state index contributed by atoms with van der Waals surface area (Å²) in [5.41, 5.74) is 3.36. The SMILES string of the molecule is COc1ccc2c(c1)C(Nc1ccc(CCO)cc1)CCCO2. The van der Waals surface area contributed by atoms with Crippen molar-refractivity contribution in [3.63, 3.8) is 0 Å². The van der Waals surface area contributed by atoms with E-state index in [2.05, 4.69) is 35.6 Å². The number of ether oxygens (including phenoxy) is 2. The van der Waals surface area contributed by atoms with Gasteiger partial charge in [0.1, 0.15) is 11.5 Å². The maximum Gasteiger partial charge on any atom is 0.124 e. The Labute approximate surface area is 137 Å². The van der Waals surface area contributed by atoms with E-state index in [0.717, 1.165) is 47.8 Å². The molecule has 1 aliphatic heterocycles. The Morgan fingerprint density at radius 2 is 2.04 bits per heavy atom. The zero-order chi connectivity index (χ0) is 16.1. The van der Waals surface area contributed by atoms with Gasteiger partial charge in [-0.2, -0.15) is 0 Å². The Morgan fingerprint density at radius 3 is 2.78 bits per heavy atom. The molecule has 2 aromatic carbocycles. The molecule has 0 aliphatic carbocycles. The third-order valence-electron chi connectivity index (χ3n) is 4.18. The van der Waals surface area contributed by atoms with Gasteiger partial charge in [-0.3, -0.25) is 0 Å². The Balaban J connectivity index is 1.82. The van der Waals surface area contributed by atoms with E-state index < -0.39 is 0 Å². The number of benzene rings is 2. The van der Waals surface area contributed by atoms with Crippen molar-refractivity contribution in [3.05, 3.63) is 53.6 Å². The molecule has 4 heteroatoms. The minimum Gasteiger partial charge on any atom is -0.497 e. The molecule has 23 heavy (non-hydrogen) atoms. The van der Waals surface area contributed by atoms with Gasteiger partial charge in [-0.05, 0) is 55.2 Å². The van der Waals surface area contributed by atoms with Crippen LogP contribution in [0.15, 0.2) is 42.5 Å². The van der Waals surface area contributed by atoms with Crippen LogP contribution in [0.4, 0.5) is 5.69 Å². The van der Waals surface area contributed by atoms with Gasteiger partial charge < -0.3 is 19.9 Å². The van der Waals surface area contributed by atoms with Crippen LogP contribution < -0.4 is 14.8 Å². The van der Waals surface area contributed by atoms with Crippen LogP contribution >= 0.6 is 0 Å². The van der Waals surface area contributed by atoms with Crippen molar-refractivity contribution in [2.75, 3.05) is 25.6 Å². The van der Waals surface area contributed by atoms with Crippen LogP contribution in [0.25, 0.3) is 0 Å². The van der Waals surface area contributed by atoms with Crippen molar-refractivity contribution >= 4 is 5.69 Å². The standard InChI is InChI=1S/C19H23NO3/c1-22-16-8-9-19-17(13-16)18(3-2-12-23-19)20-15-6-4-14(5-7-15)10-11-21/h4-9,13,18,20-21H,2-3,10-12H2,1H3. The molecule has 1 unspecified atom stereocenters. The third kappa shape index (κ3) is 3.77. The third-order valence-corrected chi connectivity index (χ3v) is 4.18. The largest absolute Gasteiger partial charge is 0.497 e. The zero-order valence-electron chi connectivity index (χ0n) is 13.4. The lowest BCUT2D eigenvalue weighted by molar-refractivity contribution is 0.299. The van der Waals surface area contributed by atoms with Crippen LogP contribution in [0.3, 0.4) is 0 Å². The average Bonchev–Trinajstić information content (AvgIpc) is 2.79. The number of aliphatic hydroxyl groups is 1. The lowest BCUT2D eigenvalue weighted by Gasteiger charge is -2.20. The fraction of sp³-hybridized carbons (Fsp3) is 0.368. The van der Waals surface area contributed by atoms with Crippen molar-refractivity contribution in [1.29, 1.82) is 0 Å². The summed E-state index contributed by atoms with van der Waals surface area (Å²) >= 11 is 0. The highest BCUT2D eigenvalue weighted by atomic mass is 16.5. The van der Waals surface area contributed by atoms with Crippen LogP contribution in [-0.4, -0.2) is 25.4 Å². The first-order valence-corrected chi connectivity index (χ1v) is 8.07. The lowest BCUT2D eigenvalue weighted by atomic mass is 10.0. The molecule has 4 nitrogen and oxygen atoms in total. The van der Waals surface area contributed by atoms with Crippen LogP contribution in [-0.2, 0) is 6.42 Å². The van der Waals surface area contributed by atoms with Gasteiger partial charge in [0.05, 0.1) is 19.8 Å². The number of hydrogen-bond donors (Lipinski definition) is 2. The highest BCUT2D eigenvalue weighted by Gasteiger charge is 2.20. The first kappa shape index (κ1) is 15.7. The quantitative estimate of drug-likeness (QED) is 0.886. The van der Waals surface area contributed by atoms with Gasteiger partial charge in [-0.1, -0.05) is 12.1 Å². The monoisotopic (exact) mass is 313 g/mol. The molecule has 0 amide bonds. The van der Waals surface area contributed by atoms with E-state index in [0.29, 0.717) is 6.42 Å². The second kappa shape index (κ2) is 7.38. The maximum atomic E-state index is 9.00. The molecule has 2 aromatic rings. The summed E-state index contributed by atoms with van der Waals surface area (Å²) in [6, 6.07) is 14.4. The topological polar surface area (TPSA) is 50.7 Å². The van der Waals surface area contributed by atoms with Gasteiger partial charge in [0.15, 0.2) is 0 Å². The molecule has 0 spiro atoms. The van der Waals surface area contributed by atoms with E-state index in [9.17, 15) is 0 Å². The molecule has 1 atom stereocenters. The van der Waals surface area contributed by atoms with Crippen molar-refractivity contribution in [1.82, 2.24) is 0 Å². The molecule has 1 aliphatic rings. The summed E-state index contributed by atoms with van der Waals surface area (Å²) in [5.74, 6) is 1.78. The summed E-state index contributed by atoms with van der Waals surface area (Å²) in [6.45, 7) is 0.923. The van der Waals surface area contributed by atoms with E-state index in [-0.39, 0.29) is 12.6 Å². The molecule has 0 aromatic heterocycles. The van der Waals surface area contributed by atoms with Gasteiger partial charge in [0.2, 0.25) is 0 Å². The predicted octanol–water partition coefficient (Wildman–Crippen LogP) is 3.56. The Bertz CT molecular complexity index is 640. The number of hydrogen-bond acceptors (Lipinski definition) is 4. The van der Waals surface area contributed by atoms with E-state index in [1.54, 1.807) is 7.11 Å². The van der Waals surface area contributed by atoms with Gasteiger partial charge in [-0.25, -0.2) is 0 Å². The summed E-state index contributed by atoms with van der Waals surface area (Å²) in [6.07, 6.45) is 2.72. The summed E-state index contributed by atoms with van der Waals surface area (Å²) in [7, 11) is 1.68. The fourth-order valence-corrected chi connectivity index (χ4v) is 2.93. The highest BCUT2D eigenvalue weighted by molar-refractivity contribution is 5.50. The summed E-state index contributed by atoms with van der Waals surface area (Å²) in [5, 5.41) is 12.6. The van der Waals surface area contributed by atoms with E-state index in [1.807, 2.05) is 12.1 Å². The molecule has 0 bridgehead atoms. The maximum absolute atomic E-state index is 9.00. The molecule has 122 valence electrons. The molecule has 0 fully saturated rings. The summed E-state index contributed by atoms with van der Waals surface area (Å²) in [4.78, 5) is 0. The Kier molecular flexibility index (Phi) is 5.03. The number of methoxy groups -OCH3 is 1. The zero-order valence-corrected chi connectivity index (χ0v) is 13.4. The molecule has 2 N–H and O–H groups in total. The minimum atomic E-state index is 0.180. The molecule has 3 rings (SSSR count). The van der Waals surface area contributed by atoms with Gasteiger partial charge >= 0.3 is 0 Å². The molecule has 0 saturated carbocycles. The van der Waals surface area contributed by atoms with E-state index in [4.69, 9.17) is 14.6 Å². The Hall–Kier alpha value is -2.20. The number of anilines is 1. The van der Waals surface area contributed by atoms with Crippen molar-refractivity contribution in [2.45, 2.75) is 25.3 Å². The fourth-order valence-electron chi connectivity index (χ4n) is 2.93.